The van der Waals surface area contributed by atoms with Gasteiger partial charge in [0.1, 0.15) is 12.1 Å². The Kier molecular flexibility index (Phi) is 9.16. The van der Waals surface area contributed by atoms with Gasteiger partial charge >= 0.3 is 6.18 Å². The highest BCUT2D eigenvalue weighted by Crippen LogP contribution is 2.37. The van der Waals surface area contributed by atoms with E-state index in [1.165, 1.54) is 17.7 Å². The van der Waals surface area contributed by atoms with Crippen LogP contribution in [0.1, 0.15) is 27.0 Å². The molecule has 0 saturated heterocycles. The molecule has 0 fully saturated rings. The average Bonchev–Trinajstić information content (AvgIpc) is 2.93. The van der Waals surface area contributed by atoms with Crippen molar-refractivity contribution in [2.45, 2.75) is 19.3 Å². The summed E-state index contributed by atoms with van der Waals surface area (Å²) in [6.07, 6.45) is 1.58. The molecule has 10 heteroatoms. The number of alkyl halides is 3. The zero-order valence-electron chi connectivity index (χ0n) is 21.2. The number of rotatable bonds is 6. The zero-order valence-corrected chi connectivity index (χ0v) is 21.9. The highest BCUT2D eigenvalue weighted by molar-refractivity contribution is 6.30. The molecule has 6 nitrogen and oxygen atoms in total. The van der Waals surface area contributed by atoms with Gasteiger partial charge < -0.3 is 15.5 Å². The van der Waals surface area contributed by atoms with E-state index in [0.717, 1.165) is 30.0 Å². The molecule has 0 bridgehead atoms. The molecule has 1 aliphatic rings. The summed E-state index contributed by atoms with van der Waals surface area (Å²) >= 11 is 5.98. The van der Waals surface area contributed by atoms with Crippen molar-refractivity contribution in [1.82, 2.24) is 15.3 Å². The van der Waals surface area contributed by atoms with Gasteiger partial charge in [-0.25, -0.2) is 4.98 Å². The minimum absolute atomic E-state index is 0.0452. The minimum Gasteiger partial charge on any atom is -0.367 e. The molecule has 0 aliphatic carbocycles. The van der Waals surface area contributed by atoms with Crippen LogP contribution in [0.5, 0.6) is 0 Å². The maximum absolute atomic E-state index is 13.5. The highest BCUT2D eigenvalue weighted by Gasteiger charge is 2.34. The second-order valence-corrected chi connectivity index (χ2v) is 9.30. The van der Waals surface area contributed by atoms with Crippen molar-refractivity contribution in [2.75, 3.05) is 30.4 Å². The van der Waals surface area contributed by atoms with Crippen molar-refractivity contribution in [3.8, 4) is 11.1 Å². The Morgan fingerprint density at radius 1 is 1.08 bits per heavy atom. The smallest absolute Gasteiger partial charge is 0.367 e. The first-order valence-electron chi connectivity index (χ1n) is 12.2. The molecule has 0 spiro atoms. The average molecular weight is 554 g/mol. The van der Waals surface area contributed by atoms with Gasteiger partial charge in [0.2, 0.25) is 0 Å². The van der Waals surface area contributed by atoms with Crippen molar-refractivity contribution in [3.63, 3.8) is 0 Å². The van der Waals surface area contributed by atoms with Gasteiger partial charge in [-0.3, -0.25) is 9.78 Å². The summed E-state index contributed by atoms with van der Waals surface area (Å²) < 4.78 is 40.4. The summed E-state index contributed by atoms with van der Waals surface area (Å²) in [5.41, 5.74) is 3.49. The molecule has 2 aromatic heterocycles. The number of hydrogen-bond donors (Lipinski definition) is 2. The molecule has 202 valence electrons. The first-order valence-corrected chi connectivity index (χ1v) is 12.6. The van der Waals surface area contributed by atoms with Gasteiger partial charge in [0.25, 0.3) is 0 Å². The van der Waals surface area contributed by atoms with Gasteiger partial charge in [-0.1, -0.05) is 29.8 Å². The van der Waals surface area contributed by atoms with Crippen molar-refractivity contribution >= 4 is 29.4 Å². The fraction of sp³-hybridized carbons (Fsp3) is 0.207. The van der Waals surface area contributed by atoms with Gasteiger partial charge in [-0.15, -0.1) is 0 Å². The number of halogens is 4. The SMILES string of the molecule is CNCc1ccncc1.O=Cc1cccc(-c2cnc3c(c2)N(Cc2cc(Cl)ccc2C(F)(F)F)CCN3)c1. The number of pyridine rings is 2. The number of fused-ring (bicyclic) bond motifs is 1. The Hall–Kier alpha value is -3.95. The van der Waals surface area contributed by atoms with Crippen molar-refractivity contribution in [2.24, 2.45) is 0 Å². The number of aldehydes is 1. The van der Waals surface area contributed by atoms with E-state index in [0.29, 0.717) is 30.2 Å². The normalized spacial score (nSPS) is 12.6. The summed E-state index contributed by atoms with van der Waals surface area (Å²) in [5, 5.41) is 6.49. The van der Waals surface area contributed by atoms with Crippen LogP contribution in [0.25, 0.3) is 11.1 Å². The molecule has 2 N–H and O–H groups in total. The lowest BCUT2D eigenvalue weighted by molar-refractivity contribution is -0.138. The van der Waals surface area contributed by atoms with Crippen molar-refractivity contribution in [3.05, 3.63) is 107 Å². The largest absolute Gasteiger partial charge is 0.416 e. The van der Waals surface area contributed by atoms with Crippen LogP contribution in [-0.2, 0) is 19.3 Å². The quantitative estimate of drug-likeness (QED) is 0.267. The summed E-state index contributed by atoms with van der Waals surface area (Å²) in [7, 11) is 1.93. The van der Waals surface area contributed by atoms with Crippen molar-refractivity contribution < 1.29 is 18.0 Å². The lowest BCUT2D eigenvalue weighted by Gasteiger charge is -2.32. The van der Waals surface area contributed by atoms with Crippen LogP contribution < -0.4 is 15.5 Å². The van der Waals surface area contributed by atoms with Crippen LogP contribution in [0, 0.1) is 0 Å². The summed E-state index contributed by atoms with van der Waals surface area (Å²) in [6, 6.07) is 16.6. The Morgan fingerprint density at radius 2 is 1.87 bits per heavy atom. The molecule has 39 heavy (non-hydrogen) atoms. The van der Waals surface area contributed by atoms with Crippen LogP contribution in [0.15, 0.2) is 79.3 Å². The lowest BCUT2D eigenvalue weighted by atomic mass is 10.0. The second-order valence-electron chi connectivity index (χ2n) is 8.87. The fourth-order valence-corrected chi connectivity index (χ4v) is 4.45. The molecule has 0 unspecified atom stereocenters. The molecule has 2 aromatic carbocycles. The van der Waals surface area contributed by atoms with Crippen LogP contribution in [0.3, 0.4) is 0 Å². The van der Waals surface area contributed by atoms with E-state index in [2.05, 4.69) is 20.6 Å². The van der Waals surface area contributed by atoms with Crippen LogP contribution >= 0.6 is 11.6 Å². The maximum Gasteiger partial charge on any atom is 0.416 e. The Bertz CT molecular complexity index is 1420. The van der Waals surface area contributed by atoms with Crippen LogP contribution in [0.4, 0.5) is 24.7 Å². The fourth-order valence-electron chi connectivity index (χ4n) is 4.25. The molecular weight excluding hydrogens is 527 g/mol. The first-order chi connectivity index (χ1) is 18.8. The molecule has 1 aliphatic heterocycles. The zero-order chi connectivity index (χ0) is 27.8. The Balaban J connectivity index is 0.000000333. The van der Waals surface area contributed by atoms with E-state index < -0.39 is 11.7 Å². The standard InChI is InChI=1S/C22H17ClF3N3O.C7H10N2/c23-18-4-5-19(22(24,25)26)17(9-18)12-29-7-6-27-21-20(29)10-16(11-28-21)15-3-1-2-14(8-15)13-30;1-8-6-7-2-4-9-5-3-7/h1-5,8-11,13H,6-7,12H2,(H,27,28);2-5,8H,6H2,1H3. The number of nitrogens with zero attached hydrogens (tertiary/aromatic N) is 3. The number of anilines is 2. The van der Waals surface area contributed by atoms with E-state index in [1.54, 1.807) is 36.8 Å². The minimum atomic E-state index is -4.47. The van der Waals surface area contributed by atoms with E-state index in [9.17, 15) is 18.0 Å². The van der Waals surface area contributed by atoms with Crippen LogP contribution in [-0.4, -0.2) is 36.4 Å². The van der Waals surface area contributed by atoms with E-state index >= 15 is 0 Å². The molecule has 5 rings (SSSR count). The van der Waals surface area contributed by atoms with Gasteiger partial charge in [-0.2, -0.15) is 13.2 Å². The number of carbonyl (C=O) groups excluding carboxylic acids is 1. The summed E-state index contributed by atoms with van der Waals surface area (Å²) in [5.74, 6) is 0.604. The molecule has 4 aromatic rings. The first kappa shape index (κ1) is 28.1. The Labute approximate surface area is 229 Å². The summed E-state index contributed by atoms with van der Waals surface area (Å²) in [6.45, 7) is 2.03. The monoisotopic (exact) mass is 553 g/mol. The lowest BCUT2D eigenvalue weighted by Crippen LogP contribution is -2.34. The number of benzene rings is 2. The van der Waals surface area contributed by atoms with Crippen LogP contribution in [0.2, 0.25) is 5.02 Å². The van der Waals surface area contributed by atoms with E-state index in [-0.39, 0.29) is 17.1 Å². The predicted octanol–water partition coefficient (Wildman–Crippen LogP) is 6.47. The van der Waals surface area contributed by atoms with Crippen molar-refractivity contribution in [1.29, 1.82) is 0 Å². The highest BCUT2D eigenvalue weighted by atomic mass is 35.5. The Morgan fingerprint density at radius 3 is 2.59 bits per heavy atom. The second kappa shape index (κ2) is 12.7. The third-order valence-corrected chi connectivity index (χ3v) is 6.34. The molecular formula is C29H27ClF3N5O. The van der Waals surface area contributed by atoms with Gasteiger partial charge in [-0.05, 0) is 66.2 Å². The topological polar surface area (TPSA) is 70.2 Å². The van der Waals surface area contributed by atoms with E-state index in [4.69, 9.17) is 11.6 Å². The predicted molar refractivity (Wildman–Crippen MR) is 148 cm³/mol. The third kappa shape index (κ3) is 7.34. The molecule has 3 heterocycles. The molecule has 0 atom stereocenters. The number of hydrogen-bond acceptors (Lipinski definition) is 6. The number of nitrogens with one attached hydrogen (secondary N) is 2. The van der Waals surface area contributed by atoms with E-state index in [1.807, 2.05) is 36.2 Å². The van der Waals surface area contributed by atoms with Gasteiger partial charge in [0, 0.05) is 60.9 Å². The third-order valence-electron chi connectivity index (χ3n) is 6.10. The molecule has 0 radical (unpaired) electrons. The molecule has 0 saturated carbocycles. The number of aromatic nitrogens is 2. The maximum atomic E-state index is 13.5. The van der Waals surface area contributed by atoms with Gasteiger partial charge in [0.15, 0.2) is 0 Å². The van der Waals surface area contributed by atoms with Gasteiger partial charge in [0.05, 0.1) is 11.3 Å². The molecule has 0 amide bonds. The number of carbonyl (C=O) groups is 1. The summed E-state index contributed by atoms with van der Waals surface area (Å²) in [4.78, 5) is 21.3.